The minimum absolute atomic E-state index is 0.0476. The number of Topliss-reactive ketones (excluding diaryl/α,β-unsaturated/α-hetero) is 1. The first kappa shape index (κ1) is 11.4. The van der Waals surface area contributed by atoms with Crippen LogP contribution in [0.15, 0.2) is 24.5 Å². The van der Waals surface area contributed by atoms with E-state index in [4.69, 9.17) is 5.73 Å². The van der Waals surface area contributed by atoms with Crippen molar-refractivity contribution in [1.29, 1.82) is 0 Å². The molecule has 0 saturated carbocycles. The third kappa shape index (κ3) is 2.65. The zero-order valence-corrected chi connectivity index (χ0v) is 9.16. The molecule has 80 valence electrons. The van der Waals surface area contributed by atoms with E-state index in [2.05, 4.69) is 11.9 Å². The molecule has 0 amide bonds. The van der Waals surface area contributed by atoms with E-state index in [9.17, 15) is 4.79 Å². The second-order valence-electron chi connectivity index (χ2n) is 3.40. The first-order valence-electron chi connectivity index (χ1n) is 5.07. The van der Waals surface area contributed by atoms with Gasteiger partial charge in [0.25, 0.3) is 0 Å². The SMILES string of the molecule is CCCc1cccnc1C(=CN)C(C)=O. The van der Waals surface area contributed by atoms with E-state index in [1.54, 1.807) is 6.20 Å². The highest BCUT2D eigenvalue weighted by Gasteiger charge is 2.11. The molecule has 0 radical (unpaired) electrons. The van der Waals surface area contributed by atoms with E-state index in [-0.39, 0.29) is 5.78 Å². The molecule has 0 atom stereocenters. The summed E-state index contributed by atoms with van der Waals surface area (Å²) in [5.41, 5.74) is 7.74. The summed E-state index contributed by atoms with van der Waals surface area (Å²) in [4.78, 5) is 15.6. The molecule has 0 bridgehead atoms. The zero-order valence-electron chi connectivity index (χ0n) is 9.16. The maximum Gasteiger partial charge on any atom is 0.163 e. The average Bonchev–Trinajstić information content (AvgIpc) is 2.21. The fraction of sp³-hybridized carbons (Fsp3) is 0.333. The lowest BCUT2D eigenvalue weighted by Crippen LogP contribution is -2.05. The van der Waals surface area contributed by atoms with Gasteiger partial charge in [-0.15, -0.1) is 0 Å². The summed E-state index contributed by atoms with van der Waals surface area (Å²) in [6.07, 6.45) is 4.95. The van der Waals surface area contributed by atoms with Crippen molar-refractivity contribution in [1.82, 2.24) is 4.98 Å². The highest BCUT2D eigenvalue weighted by atomic mass is 16.1. The lowest BCUT2D eigenvalue weighted by atomic mass is 10.0. The van der Waals surface area contributed by atoms with Crippen LogP contribution in [-0.2, 0) is 11.2 Å². The molecule has 0 fully saturated rings. The Balaban J connectivity index is 3.17. The minimum atomic E-state index is -0.0476. The second-order valence-corrected chi connectivity index (χ2v) is 3.40. The lowest BCUT2D eigenvalue weighted by molar-refractivity contribution is -0.111. The first-order chi connectivity index (χ1) is 7.20. The van der Waals surface area contributed by atoms with Crippen LogP contribution in [0.5, 0.6) is 0 Å². The van der Waals surface area contributed by atoms with Crippen LogP contribution in [0.2, 0.25) is 0 Å². The topological polar surface area (TPSA) is 56.0 Å². The smallest absolute Gasteiger partial charge is 0.163 e. The van der Waals surface area contributed by atoms with Crippen molar-refractivity contribution in [3.8, 4) is 0 Å². The van der Waals surface area contributed by atoms with Crippen molar-refractivity contribution >= 4 is 11.4 Å². The Bertz CT molecular complexity index is 383. The van der Waals surface area contributed by atoms with Crippen molar-refractivity contribution in [2.75, 3.05) is 0 Å². The maximum absolute atomic E-state index is 11.3. The number of hydrogen-bond donors (Lipinski definition) is 1. The number of allylic oxidation sites excluding steroid dienone is 1. The van der Waals surface area contributed by atoms with Gasteiger partial charge in [-0.2, -0.15) is 0 Å². The zero-order chi connectivity index (χ0) is 11.3. The third-order valence-corrected chi connectivity index (χ3v) is 2.21. The number of nitrogens with zero attached hydrogens (tertiary/aromatic N) is 1. The number of pyridine rings is 1. The van der Waals surface area contributed by atoms with Gasteiger partial charge in [-0.05, 0) is 25.0 Å². The molecule has 3 heteroatoms. The number of carbonyl (C=O) groups is 1. The number of hydrogen-bond acceptors (Lipinski definition) is 3. The highest BCUT2D eigenvalue weighted by molar-refractivity contribution is 6.19. The molecule has 0 spiro atoms. The van der Waals surface area contributed by atoms with Crippen LogP contribution in [-0.4, -0.2) is 10.8 Å². The van der Waals surface area contributed by atoms with Crippen molar-refractivity contribution < 1.29 is 4.79 Å². The summed E-state index contributed by atoms with van der Waals surface area (Å²) in [6.45, 7) is 3.60. The van der Waals surface area contributed by atoms with Gasteiger partial charge in [0.05, 0.1) is 11.3 Å². The summed E-state index contributed by atoms with van der Waals surface area (Å²) in [7, 11) is 0. The summed E-state index contributed by atoms with van der Waals surface area (Å²) in [5, 5.41) is 0. The predicted molar refractivity (Wildman–Crippen MR) is 61.1 cm³/mol. The van der Waals surface area contributed by atoms with E-state index in [1.807, 2.05) is 12.1 Å². The Hall–Kier alpha value is -1.64. The van der Waals surface area contributed by atoms with Crippen LogP contribution in [0.3, 0.4) is 0 Å². The molecule has 0 aliphatic heterocycles. The summed E-state index contributed by atoms with van der Waals surface area (Å²) < 4.78 is 0. The monoisotopic (exact) mass is 204 g/mol. The van der Waals surface area contributed by atoms with Gasteiger partial charge in [-0.3, -0.25) is 9.78 Å². The average molecular weight is 204 g/mol. The standard InChI is InChI=1S/C12H16N2O/c1-3-5-10-6-4-7-14-12(10)11(8-13)9(2)15/h4,6-8H,3,5,13H2,1-2H3. The molecule has 0 aromatic carbocycles. The number of nitrogens with two attached hydrogens (primary N) is 1. The van der Waals surface area contributed by atoms with Crippen LogP contribution in [0.4, 0.5) is 0 Å². The Labute approximate surface area is 90.0 Å². The van der Waals surface area contributed by atoms with E-state index >= 15 is 0 Å². The molecule has 1 rings (SSSR count). The Morgan fingerprint density at radius 3 is 2.87 bits per heavy atom. The minimum Gasteiger partial charge on any atom is -0.404 e. The van der Waals surface area contributed by atoms with Gasteiger partial charge >= 0.3 is 0 Å². The van der Waals surface area contributed by atoms with Gasteiger partial charge in [-0.1, -0.05) is 19.4 Å². The summed E-state index contributed by atoms with van der Waals surface area (Å²) >= 11 is 0. The van der Waals surface area contributed by atoms with E-state index in [1.165, 1.54) is 13.1 Å². The third-order valence-electron chi connectivity index (χ3n) is 2.21. The van der Waals surface area contributed by atoms with E-state index in [0.29, 0.717) is 11.3 Å². The molecule has 1 aromatic heterocycles. The molecule has 2 N–H and O–H groups in total. The van der Waals surface area contributed by atoms with Crippen molar-refractivity contribution in [3.05, 3.63) is 35.8 Å². The highest BCUT2D eigenvalue weighted by Crippen LogP contribution is 2.17. The second kappa shape index (κ2) is 5.29. The fourth-order valence-electron chi connectivity index (χ4n) is 1.52. The van der Waals surface area contributed by atoms with Crippen LogP contribution in [0, 0.1) is 0 Å². The molecule has 1 heterocycles. The number of ketones is 1. The normalized spacial score (nSPS) is 11.5. The summed E-state index contributed by atoms with van der Waals surface area (Å²) in [5.74, 6) is -0.0476. The molecule has 0 aliphatic carbocycles. The van der Waals surface area contributed by atoms with Gasteiger partial charge in [0.15, 0.2) is 5.78 Å². The number of aryl methyl sites for hydroxylation is 1. The lowest BCUT2D eigenvalue weighted by Gasteiger charge is -2.08. The first-order valence-corrected chi connectivity index (χ1v) is 5.07. The molecule has 1 aromatic rings. The Kier molecular flexibility index (Phi) is 4.03. The van der Waals surface area contributed by atoms with Crippen LogP contribution >= 0.6 is 0 Å². The van der Waals surface area contributed by atoms with Crippen LogP contribution in [0.25, 0.3) is 5.57 Å². The number of rotatable bonds is 4. The molecule has 0 saturated heterocycles. The van der Waals surface area contributed by atoms with Crippen LogP contribution in [0.1, 0.15) is 31.5 Å². The molecule has 0 aliphatic rings. The molecule has 3 nitrogen and oxygen atoms in total. The molecule has 0 unspecified atom stereocenters. The van der Waals surface area contributed by atoms with Crippen LogP contribution < -0.4 is 5.73 Å². The van der Waals surface area contributed by atoms with Gasteiger partial charge in [0.1, 0.15) is 0 Å². The quantitative estimate of drug-likeness (QED) is 0.762. The predicted octanol–water partition coefficient (Wildman–Crippen LogP) is 1.92. The summed E-state index contributed by atoms with van der Waals surface area (Å²) in [6, 6.07) is 3.86. The van der Waals surface area contributed by atoms with E-state index < -0.39 is 0 Å². The largest absolute Gasteiger partial charge is 0.404 e. The molecular formula is C12H16N2O. The van der Waals surface area contributed by atoms with Crippen molar-refractivity contribution in [2.24, 2.45) is 5.73 Å². The Morgan fingerprint density at radius 2 is 2.33 bits per heavy atom. The van der Waals surface area contributed by atoms with Crippen molar-refractivity contribution in [2.45, 2.75) is 26.7 Å². The van der Waals surface area contributed by atoms with Crippen molar-refractivity contribution in [3.63, 3.8) is 0 Å². The maximum atomic E-state index is 11.3. The Morgan fingerprint density at radius 1 is 1.60 bits per heavy atom. The molecule has 15 heavy (non-hydrogen) atoms. The van der Waals surface area contributed by atoms with E-state index in [0.717, 1.165) is 18.4 Å². The number of carbonyl (C=O) groups excluding carboxylic acids is 1. The molecular weight excluding hydrogens is 188 g/mol. The van der Waals surface area contributed by atoms with Gasteiger partial charge < -0.3 is 5.73 Å². The fourth-order valence-corrected chi connectivity index (χ4v) is 1.52. The number of aromatic nitrogens is 1. The van der Waals surface area contributed by atoms with Gasteiger partial charge in [-0.25, -0.2) is 0 Å². The van der Waals surface area contributed by atoms with Gasteiger partial charge in [0, 0.05) is 12.4 Å². The van der Waals surface area contributed by atoms with Gasteiger partial charge in [0.2, 0.25) is 0 Å².